The minimum atomic E-state index is -0.0205. The summed E-state index contributed by atoms with van der Waals surface area (Å²) in [5, 5.41) is 9.31. The number of carbonyl (C=O) groups excluding carboxylic acids is 2. The largest absolute Gasteiger partial charge is 0.376 e. The second-order valence-electron chi connectivity index (χ2n) is 10.7. The summed E-state index contributed by atoms with van der Waals surface area (Å²) < 4.78 is 0. The lowest BCUT2D eigenvalue weighted by Gasteiger charge is -2.22. The van der Waals surface area contributed by atoms with Gasteiger partial charge in [-0.05, 0) is 37.5 Å². The second kappa shape index (κ2) is 20.1. The predicted molar refractivity (Wildman–Crippen MR) is 153 cm³/mol. The van der Waals surface area contributed by atoms with Crippen LogP contribution in [0.2, 0.25) is 0 Å². The van der Waals surface area contributed by atoms with Gasteiger partial charge in [-0.3, -0.25) is 9.59 Å². The zero-order valence-corrected chi connectivity index (χ0v) is 23.1. The highest BCUT2D eigenvalue weighted by atomic mass is 16.2. The Bertz CT molecular complexity index is 716. The van der Waals surface area contributed by atoms with Crippen LogP contribution in [0.4, 0.5) is 5.69 Å². The molecule has 204 valence electrons. The number of benzene rings is 1. The van der Waals surface area contributed by atoms with Crippen molar-refractivity contribution in [2.75, 3.05) is 18.4 Å². The first kappa shape index (κ1) is 30.2. The molecule has 1 saturated carbocycles. The molecule has 1 fully saturated rings. The lowest BCUT2D eigenvalue weighted by atomic mass is 9.95. The molecule has 2 rings (SSSR count). The monoisotopic (exact) mass is 499 g/mol. The van der Waals surface area contributed by atoms with Gasteiger partial charge in [0, 0.05) is 23.8 Å². The average molecular weight is 500 g/mol. The van der Waals surface area contributed by atoms with Crippen LogP contribution < -0.4 is 16.0 Å². The van der Waals surface area contributed by atoms with Crippen molar-refractivity contribution in [2.45, 2.75) is 135 Å². The molecular weight excluding hydrogens is 446 g/mol. The van der Waals surface area contributed by atoms with Crippen LogP contribution >= 0.6 is 0 Å². The molecule has 0 heterocycles. The molecule has 1 aromatic carbocycles. The number of nitrogens with one attached hydrogen (secondary N) is 3. The normalized spacial score (nSPS) is 13.9. The number of carbonyl (C=O) groups is 2. The smallest absolute Gasteiger partial charge is 0.251 e. The summed E-state index contributed by atoms with van der Waals surface area (Å²) in [5.41, 5.74) is 1.45. The van der Waals surface area contributed by atoms with Crippen LogP contribution in [0.5, 0.6) is 0 Å². The minimum Gasteiger partial charge on any atom is -0.376 e. The highest BCUT2D eigenvalue weighted by molar-refractivity contribution is 5.95. The summed E-state index contributed by atoms with van der Waals surface area (Å²) in [4.78, 5) is 24.7. The van der Waals surface area contributed by atoms with Gasteiger partial charge in [0.25, 0.3) is 5.91 Å². The average Bonchev–Trinajstić information content (AvgIpc) is 2.90. The van der Waals surface area contributed by atoms with E-state index in [1.165, 1.54) is 103 Å². The highest BCUT2D eigenvalue weighted by Crippen LogP contribution is 2.18. The SMILES string of the molecule is CCCCCCCCCCCCCCCCNC(=O)CNc1cccc(C(=O)NC2CCCCC2)c1. The molecule has 0 aromatic heterocycles. The van der Waals surface area contributed by atoms with Crippen molar-refractivity contribution in [3.8, 4) is 0 Å². The van der Waals surface area contributed by atoms with Gasteiger partial charge >= 0.3 is 0 Å². The van der Waals surface area contributed by atoms with Crippen molar-refractivity contribution in [3.05, 3.63) is 29.8 Å². The molecule has 0 aliphatic heterocycles. The van der Waals surface area contributed by atoms with E-state index in [0.717, 1.165) is 31.5 Å². The van der Waals surface area contributed by atoms with E-state index in [0.29, 0.717) is 11.6 Å². The van der Waals surface area contributed by atoms with Crippen LogP contribution in [0.1, 0.15) is 139 Å². The Morgan fingerprint density at radius 1 is 0.778 bits per heavy atom. The summed E-state index contributed by atoms with van der Waals surface area (Å²) in [7, 11) is 0. The third-order valence-corrected chi connectivity index (χ3v) is 7.37. The Balaban J connectivity index is 1.43. The van der Waals surface area contributed by atoms with Gasteiger partial charge in [-0.25, -0.2) is 0 Å². The van der Waals surface area contributed by atoms with Crippen molar-refractivity contribution in [1.82, 2.24) is 10.6 Å². The van der Waals surface area contributed by atoms with Crippen LogP contribution in [0.25, 0.3) is 0 Å². The maximum Gasteiger partial charge on any atom is 0.251 e. The Labute approximate surface area is 221 Å². The van der Waals surface area contributed by atoms with Gasteiger partial charge in [0.2, 0.25) is 5.91 Å². The number of hydrogen-bond acceptors (Lipinski definition) is 3. The Kier molecular flexibility index (Phi) is 16.8. The first-order valence-corrected chi connectivity index (χ1v) is 15.1. The van der Waals surface area contributed by atoms with E-state index in [2.05, 4.69) is 22.9 Å². The van der Waals surface area contributed by atoms with Crippen LogP contribution in [0, 0.1) is 0 Å². The fraction of sp³-hybridized carbons (Fsp3) is 0.742. The summed E-state index contributed by atoms with van der Waals surface area (Å²) in [5.74, 6) is -0.0189. The fourth-order valence-corrected chi connectivity index (χ4v) is 5.08. The van der Waals surface area contributed by atoms with E-state index in [1.54, 1.807) is 0 Å². The first-order chi connectivity index (χ1) is 17.7. The van der Waals surface area contributed by atoms with Crippen molar-refractivity contribution in [1.29, 1.82) is 0 Å². The quantitative estimate of drug-likeness (QED) is 0.161. The van der Waals surface area contributed by atoms with Crippen molar-refractivity contribution < 1.29 is 9.59 Å². The molecule has 36 heavy (non-hydrogen) atoms. The molecule has 1 aliphatic rings. The van der Waals surface area contributed by atoms with Gasteiger partial charge in [-0.15, -0.1) is 0 Å². The summed E-state index contributed by atoms with van der Waals surface area (Å²) >= 11 is 0. The molecule has 2 amide bonds. The van der Waals surface area contributed by atoms with E-state index < -0.39 is 0 Å². The molecule has 1 aliphatic carbocycles. The molecule has 5 nitrogen and oxygen atoms in total. The summed E-state index contributed by atoms with van der Waals surface area (Å²) in [6.45, 7) is 3.24. The van der Waals surface area contributed by atoms with Crippen molar-refractivity contribution in [2.24, 2.45) is 0 Å². The molecule has 0 spiro atoms. The number of anilines is 1. The van der Waals surface area contributed by atoms with Gasteiger partial charge in [0.1, 0.15) is 0 Å². The molecule has 0 saturated heterocycles. The number of amides is 2. The highest BCUT2D eigenvalue weighted by Gasteiger charge is 2.16. The standard InChI is InChI=1S/C31H53N3O2/c1-2-3-4-5-6-7-8-9-10-11-12-13-14-18-24-32-30(35)26-33-29-23-19-20-27(25-29)31(36)34-28-21-16-15-17-22-28/h19-20,23,25,28,33H,2-18,21-22,24,26H2,1H3,(H,32,35)(H,34,36). The molecule has 3 N–H and O–H groups in total. The Morgan fingerprint density at radius 3 is 1.97 bits per heavy atom. The molecule has 0 radical (unpaired) electrons. The van der Waals surface area contributed by atoms with Gasteiger partial charge < -0.3 is 16.0 Å². The van der Waals surface area contributed by atoms with Crippen molar-refractivity contribution in [3.63, 3.8) is 0 Å². The van der Waals surface area contributed by atoms with E-state index in [4.69, 9.17) is 0 Å². The molecule has 0 unspecified atom stereocenters. The number of hydrogen-bond donors (Lipinski definition) is 3. The van der Waals surface area contributed by atoms with Gasteiger partial charge in [0.05, 0.1) is 6.54 Å². The second-order valence-corrected chi connectivity index (χ2v) is 10.7. The summed E-state index contributed by atoms with van der Waals surface area (Å²) in [6, 6.07) is 7.73. The zero-order valence-electron chi connectivity index (χ0n) is 23.1. The predicted octanol–water partition coefficient (Wildman–Crippen LogP) is 7.76. The number of rotatable bonds is 20. The van der Waals surface area contributed by atoms with Crippen molar-refractivity contribution >= 4 is 17.5 Å². The first-order valence-electron chi connectivity index (χ1n) is 15.1. The van der Waals surface area contributed by atoms with Crippen LogP contribution in [-0.2, 0) is 4.79 Å². The minimum absolute atomic E-state index is 0.00162. The molecular formula is C31H53N3O2. The summed E-state index contributed by atoms with van der Waals surface area (Å²) in [6.07, 6.45) is 24.6. The van der Waals surface area contributed by atoms with E-state index in [1.807, 2.05) is 24.3 Å². The lowest BCUT2D eigenvalue weighted by Crippen LogP contribution is -2.36. The van der Waals surface area contributed by atoms with Gasteiger partial charge in [0.15, 0.2) is 0 Å². The van der Waals surface area contributed by atoms with Crippen LogP contribution in [0.15, 0.2) is 24.3 Å². The van der Waals surface area contributed by atoms with E-state index >= 15 is 0 Å². The maximum absolute atomic E-state index is 12.6. The van der Waals surface area contributed by atoms with Crippen LogP contribution in [-0.4, -0.2) is 30.9 Å². The molecule has 0 bridgehead atoms. The van der Waals surface area contributed by atoms with E-state index in [-0.39, 0.29) is 18.4 Å². The molecule has 5 heteroatoms. The van der Waals surface area contributed by atoms with Gasteiger partial charge in [-0.2, -0.15) is 0 Å². The third kappa shape index (κ3) is 14.5. The van der Waals surface area contributed by atoms with Crippen LogP contribution in [0.3, 0.4) is 0 Å². The maximum atomic E-state index is 12.6. The van der Waals surface area contributed by atoms with E-state index in [9.17, 15) is 9.59 Å². The fourth-order valence-electron chi connectivity index (χ4n) is 5.08. The number of unbranched alkanes of at least 4 members (excludes halogenated alkanes) is 13. The molecule has 0 atom stereocenters. The molecule has 1 aromatic rings. The third-order valence-electron chi connectivity index (χ3n) is 7.37. The Hall–Kier alpha value is -2.04. The lowest BCUT2D eigenvalue weighted by molar-refractivity contribution is -0.119. The topological polar surface area (TPSA) is 70.2 Å². The van der Waals surface area contributed by atoms with Gasteiger partial charge in [-0.1, -0.05) is 116 Å². The zero-order chi connectivity index (χ0) is 25.7. The Morgan fingerprint density at radius 2 is 1.36 bits per heavy atom.